The van der Waals surface area contributed by atoms with E-state index in [9.17, 15) is 49.9 Å². The average molecular weight is 1440 g/mol. The molecule has 0 aliphatic carbocycles. The minimum atomic E-state index is -4.57. The molecule has 0 unspecified atom stereocenters. The number of unbranched alkanes of at least 4 members (excludes halogenated alkanes) is 4. The van der Waals surface area contributed by atoms with E-state index < -0.39 is 102 Å². The number of amides is 4. The van der Waals surface area contributed by atoms with Gasteiger partial charge in [-0.1, -0.05) is 160 Å². The van der Waals surface area contributed by atoms with Gasteiger partial charge in [-0.3, -0.25) is 28.3 Å². The van der Waals surface area contributed by atoms with Gasteiger partial charge < -0.3 is 28.8 Å². The standard InChI is InChI=1S/C78H77BF3N5O14S2/c1-75(2)59-50-57(102(93,94)95)38-40-63(59)85(65(75)34-20-9-21-35-66-76(3,4)60-51-58(103(96,97)98)39-41-64(60)86(66)45-25-11-23-37-70(91)99-87-68(89)42-43-69(87)90)44-24-10-22-36-67(88)83-46-48-84(49-47-83)74(92)71-61(80)52-62(81)72(73(71)82)79-100-77(53-26-12-5-13-27-53,54-28-14-6-15-29-54)78(101-79,55-30-16-7-17-31-55)56-32-18-8-19-33-56/h5-9,12-21,26-35,38-41,50-52H,10-11,22-25,36-37,42-49H2,1-4H3,(H-,93,94,95,96,97,98)/p+1. The number of fused-ring (bicyclic) bond motifs is 2. The number of hydroxylamine groups is 2. The molecular formula is C78H78BF3N5O14S2+. The molecule has 7 aromatic rings. The molecule has 5 heterocycles. The molecule has 7 aromatic carbocycles. The lowest BCUT2D eigenvalue weighted by molar-refractivity contribution is -0.438. The predicted octanol–water partition coefficient (Wildman–Crippen LogP) is 12.1. The highest BCUT2D eigenvalue weighted by molar-refractivity contribution is 7.86. The Balaban J connectivity index is 0.713. The SMILES string of the molecule is CC1(C)C(/C=C/C=C/C=C2/N(CCCCCC(=O)ON3C(=O)CCC3=O)c3ccc(S(=O)(=O)O)cc3C2(C)C)=[N+](CCCCCC(=O)N2CCN(C(=O)c3c(F)cc(F)c(B4OC(c5ccccc5)(c5ccccc5)C(c5ccccc5)(c5ccccc5)O4)c3F)CC2)c2ccc(S(=O)(=O)O)cc21. The number of carbonyl (C=O) groups is 5. The van der Waals surface area contributed by atoms with Crippen LogP contribution in [0.2, 0.25) is 0 Å². The molecule has 0 bridgehead atoms. The quantitative estimate of drug-likeness (QED) is 0.0143. The highest BCUT2D eigenvalue weighted by Crippen LogP contribution is 2.59. The highest BCUT2D eigenvalue weighted by Gasteiger charge is 2.67. The summed E-state index contributed by atoms with van der Waals surface area (Å²) >= 11 is 0. The summed E-state index contributed by atoms with van der Waals surface area (Å²) in [6.45, 7) is 8.65. The first kappa shape index (κ1) is 73.1. The predicted molar refractivity (Wildman–Crippen MR) is 380 cm³/mol. The monoisotopic (exact) mass is 1440 g/mol. The topological polar surface area (TPSA) is 238 Å². The minimum Gasteiger partial charge on any atom is -0.390 e. The van der Waals surface area contributed by atoms with Gasteiger partial charge in [0.25, 0.3) is 38.0 Å². The van der Waals surface area contributed by atoms with Crippen LogP contribution in [0.5, 0.6) is 0 Å². The number of imide groups is 1. The van der Waals surface area contributed by atoms with Gasteiger partial charge in [0.2, 0.25) is 11.6 Å². The molecule has 3 fully saturated rings. The Morgan fingerprint density at radius 3 is 1.63 bits per heavy atom. The van der Waals surface area contributed by atoms with Crippen LogP contribution in [0.3, 0.4) is 0 Å². The van der Waals surface area contributed by atoms with Gasteiger partial charge in [0, 0.05) is 105 Å². The van der Waals surface area contributed by atoms with E-state index in [4.69, 9.17) is 14.1 Å². The molecule has 4 amide bonds. The number of hydrogen-bond donors (Lipinski definition) is 2. The maximum Gasteiger partial charge on any atom is 0.501 e. The second-order valence-corrected chi connectivity index (χ2v) is 30.1. The minimum absolute atomic E-state index is 0.0157. The maximum absolute atomic E-state index is 17.6. The first-order valence-electron chi connectivity index (χ1n) is 34.3. The Morgan fingerprint density at radius 1 is 0.583 bits per heavy atom. The van der Waals surface area contributed by atoms with E-state index in [0.29, 0.717) is 96.1 Å². The van der Waals surface area contributed by atoms with Crippen molar-refractivity contribution in [3.8, 4) is 0 Å². The van der Waals surface area contributed by atoms with Crippen LogP contribution in [0.1, 0.15) is 136 Å². The Labute approximate surface area is 597 Å². The van der Waals surface area contributed by atoms with Gasteiger partial charge in [0.1, 0.15) is 40.8 Å². The van der Waals surface area contributed by atoms with E-state index in [2.05, 4.69) is 9.48 Å². The fraction of sp³-hybridized carbons (Fsp3) is 0.308. The molecular weight excluding hydrogens is 1360 g/mol. The van der Waals surface area contributed by atoms with E-state index in [1.165, 1.54) is 29.2 Å². The molecule has 2 N–H and O–H groups in total. The third-order valence-electron chi connectivity index (χ3n) is 20.1. The number of benzene rings is 7. The number of halogens is 3. The van der Waals surface area contributed by atoms with Crippen LogP contribution in [-0.2, 0) is 75.6 Å². The second-order valence-electron chi connectivity index (χ2n) is 27.2. The zero-order valence-electron chi connectivity index (χ0n) is 57.3. The van der Waals surface area contributed by atoms with E-state index in [1.807, 2.05) is 179 Å². The smallest absolute Gasteiger partial charge is 0.390 e. The summed E-state index contributed by atoms with van der Waals surface area (Å²) in [5, 5.41) is 0.521. The van der Waals surface area contributed by atoms with Crippen molar-refractivity contribution < 1.29 is 81.8 Å². The number of nitrogens with zero attached hydrogens (tertiary/aromatic N) is 5. The third kappa shape index (κ3) is 14.2. The first-order valence-corrected chi connectivity index (χ1v) is 37.2. The van der Waals surface area contributed by atoms with Crippen molar-refractivity contribution in [2.24, 2.45) is 0 Å². The Bertz CT molecular complexity index is 4640. The largest absolute Gasteiger partial charge is 0.501 e. The lowest BCUT2D eigenvalue weighted by atomic mass is 9.66. The van der Waals surface area contributed by atoms with Crippen molar-refractivity contribution >= 4 is 79.5 Å². The second kappa shape index (κ2) is 29.6. The van der Waals surface area contributed by atoms with Crippen molar-refractivity contribution in [3.05, 3.63) is 256 Å². The van der Waals surface area contributed by atoms with E-state index in [-0.39, 0.29) is 67.6 Å². The molecule has 12 rings (SSSR count). The molecule has 25 heteroatoms. The van der Waals surface area contributed by atoms with Crippen molar-refractivity contribution in [1.29, 1.82) is 0 Å². The molecule has 3 saturated heterocycles. The summed E-state index contributed by atoms with van der Waals surface area (Å²) < 4.78 is 136. The first-order chi connectivity index (χ1) is 49.2. The molecule has 0 spiro atoms. The maximum atomic E-state index is 17.6. The number of rotatable bonds is 24. The van der Waals surface area contributed by atoms with Crippen LogP contribution in [0.25, 0.3) is 0 Å². The molecule has 0 aromatic heterocycles. The van der Waals surface area contributed by atoms with Crippen LogP contribution in [-0.4, -0.2) is 127 Å². The van der Waals surface area contributed by atoms with Gasteiger partial charge in [0.15, 0.2) is 5.71 Å². The molecule has 103 heavy (non-hydrogen) atoms. The number of hydrogen-bond acceptors (Lipinski definition) is 13. The summed E-state index contributed by atoms with van der Waals surface area (Å²) in [6.07, 6.45) is 12.6. The van der Waals surface area contributed by atoms with Gasteiger partial charge in [-0.15, -0.1) is 5.06 Å². The van der Waals surface area contributed by atoms with Crippen molar-refractivity contribution in [1.82, 2.24) is 14.9 Å². The average Bonchev–Trinajstić information content (AvgIpc) is 1.55. The summed E-state index contributed by atoms with van der Waals surface area (Å²) in [4.78, 5) is 74.2. The van der Waals surface area contributed by atoms with Gasteiger partial charge >= 0.3 is 13.1 Å². The van der Waals surface area contributed by atoms with Crippen molar-refractivity contribution in [3.63, 3.8) is 0 Å². The number of piperazine rings is 1. The molecule has 534 valence electrons. The number of carbonyl (C=O) groups excluding carboxylic acids is 5. The van der Waals surface area contributed by atoms with Gasteiger partial charge in [-0.05, 0) is 104 Å². The summed E-state index contributed by atoms with van der Waals surface area (Å²) in [7, 11) is -11.0. The Kier molecular flexibility index (Phi) is 21.0. The summed E-state index contributed by atoms with van der Waals surface area (Å²) in [5.41, 5.74) is 0.103. The third-order valence-corrected chi connectivity index (χ3v) is 21.8. The van der Waals surface area contributed by atoms with Crippen LogP contribution < -0.4 is 10.4 Å². The molecule has 5 aliphatic rings. The van der Waals surface area contributed by atoms with Gasteiger partial charge in [0.05, 0.1) is 20.7 Å². The Morgan fingerprint density at radius 2 is 1.09 bits per heavy atom. The summed E-state index contributed by atoms with van der Waals surface area (Å²) in [6, 6.07) is 46.1. The zero-order chi connectivity index (χ0) is 73.2. The van der Waals surface area contributed by atoms with Crippen LogP contribution in [0.4, 0.5) is 24.5 Å². The van der Waals surface area contributed by atoms with E-state index >= 15 is 13.2 Å². The molecule has 5 aliphatic heterocycles. The highest BCUT2D eigenvalue weighted by atomic mass is 32.2. The number of anilines is 1. The number of allylic oxidation sites excluding steroid dienone is 6. The van der Waals surface area contributed by atoms with Crippen LogP contribution in [0.15, 0.2) is 210 Å². The van der Waals surface area contributed by atoms with Crippen molar-refractivity contribution in [2.75, 3.05) is 44.2 Å². The van der Waals surface area contributed by atoms with E-state index in [0.717, 1.165) is 22.8 Å². The summed E-state index contributed by atoms with van der Waals surface area (Å²) in [5.74, 6) is -7.27. The van der Waals surface area contributed by atoms with E-state index in [1.54, 1.807) is 17.0 Å². The van der Waals surface area contributed by atoms with Gasteiger partial charge in [-0.2, -0.15) is 21.4 Å². The molecule has 0 radical (unpaired) electrons. The molecule has 0 atom stereocenters. The van der Waals surface area contributed by atoms with Crippen LogP contribution >= 0.6 is 0 Å². The lowest BCUT2D eigenvalue weighted by Gasteiger charge is -2.46. The fourth-order valence-corrected chi connectivity index (χ4v) is 16.0. The molecule has 19 nitrogen and oxygen atoms in total. The van der Waals surface area contributed by atoms with Crippen molar-refractivity contribution in [2.45, 2.75) is 124 Å². The lowest BCUT2D eigenvalue weighted by Crippen LogP contribution is -2.51. The van der Waals surface area contributed by atoms with Gasteiger partial charge in [-0.25, -0.2) is 18.0 Å². The molecule has 0 saturated carbocycles. The zero-order valence-corrected chi connectivity index (χ0v) is 59.0. The normalized spacial score (nSPS) is 18.1. The fourth-order valence-electron chi connectivity index (χ4n) is 14.9. The van der Waals surface area contributed by atoms with Crippen LogP contribution in [0, 0.1) is 17.5 Å². The Hall–Kier alpha value is -9.63.